The van der Waals surface area contributed by atoms with E-state index in [2.05, 4.69) is 0 Å². The molecule has 0 fully saturated rings. The zero-order valence-electron chi connectivity index (χ0n) is 9.51. The summed E-state index contributed by atoms with van der Waals surface area (Å²) >= 11 is 0. The predicted molar refractivity (Wildman–Crippen MR) is 56.7 cm³/mol. The van der Waals surface area contributed by atoms with Crippen LogP contribution in [-0.2, 0) is 0 Å². The number of hydrogen-bond acceptors (Lipinski definition) is 1. The van der Waals surface area contributed by atoms with Crippen molar-refractivity contribution in [1.29, 1.82) is 0 Å². The Morgan fingerprint density at radius 1 is 1.35 bits per heavy atom. The molecule has 0 saturated heterocycles. The van der Waals surface area contributed by atoms with Crippen molar-refractivity contribution in [2.24, 2.45) is 0 Å². The van der Waals surface area contributed by atoms with Gasteiger partial charge >= 0.3 is 6.18 Å². The third-order valence-corrected chi connectivity index (χ3v) is 3.05. The van der Waals surface area contributed by atoms with E-state index in [1.807, 2.05) is 0 Å². The van der Waals surface area contributed by atoms with E-state index in [9.17, 15) is 18.0 Å². The number of rotatable bonds is 1. The fourth-order valence-electron chi connectivity index (χ4n) is 2.22. The number of hydrogen-bond donors (Lipinski definition) is 0. The molecule has 1 unspecified atom stereocenters. The number of nitrogens with zero attached hydrogens (tertiary/aromatic N) is 1. The van der Waals surface area contributed by atoms with Crippen molar-refractivity contribution < 1.29 is 18.0 Å². The Bertz CT molecular complexity index is 467. The van der Waals surface area contributed by atoms with Gasteiger partial charge in [0.15, 0.2) is 0 Å². The van der Waals surface area contributed by atoms with Crippen molar-refractivity contribution in [3.8, 4) is 0 Å². The number of halogens is 3. The lowest BCUT2D eigenvalue weighted by Gasteiger charge is -2.23. The molecule has 0 aliphatic carbocycles. The Hall–Kier alpha value is -1.52. The molecule has 1 aromatic rings. The average Bonchev–Trinajstić information content (AvgIpc) is 2.43. The van der Waals surface area contributed by atoms with Crippen LogP contribution in [0.25, 0.3) is 0 Å². The lowest BCUT2D eigenvalue weighted by molar-refractivity contribution is -0.143. The van der Waals surface area contributed by atoms with Crippen molar-refractivity contribution in [3.05, 3.63) is 34.9 Å². The van der Waals surface area contributed by atoms with Crippen molar-refractivity contribution >= 4 is 5.91 Å². The summed E-state index contributed by atoms with van der Waals surface area (Å²) < 4.78 is 37.2. The lowest BCUT2D eigenvalue weighted by Crippen LogP contribution is -2.36. The molecule has 1 heterocycles. The predicted octanol–water partition coefficient (Wildman–Crippen LogP) is 3.07. The molecule has 0 bridgehead atoms. The number of alkyl halides is 3. The van der Waals surface area contributed by atoms with E-state index in [0.29, 0.717) is 11.1 Å². The molecule has 17 heavy (non-hydrogen) atoms. The van der Waals surface area contributed by atoms with Crippen LogP contribution < -0.4 is 0 Å². The molecule has 92 valence electrons. The first-order valence-electron chi connectivity index (χ1n) is 5.28. The Balaban J connectivity index is 2.39. The minimum Gasteiger partial charge on any atom is -0.323 e. The third-order valence-electron chi connectivity index (χ3n) is 3.05. The lowest BCUT2D eigenvalue weighted by atomic mass is 10.0. The maximum Gasteiger partial charge on any atom is 0.406 e. The molecular formula is C12H12F3NO. The summed E-state index contributed by atoms with van der Waals surface area (Å²) in [6, 6.07) is 4.69. The Labute approximate surface area is 97.0 Å². The van der Waals surface area contributed by atoms with Crippen LogP contribution in [0, 0.1) is 6.92 Å². The number of carbonyl (C=O) groups excluding carboxylic acids is 1. The third kappa shape index (κ3) is 2.01. The Morgan fingerprint density at radius 3 is 2.53 bits per heavy atom. The first-order valence-corrected chi connectivity index (χ1v) is 5.28. The standard InChI is InChI=1S/C12H12F3NO/c1-7-4-3-5-9-8(2)16(6-12(13,14)15)11(17)10(7)9/h3-5,8H,6H2,1-2H3. The van der Waals surface area contributed by atoms with Gasteiger partial charge in [0.05, 0.1) is 6.04 Å². The van der Waals surface area contributed by atoms with Crippen LogP contribution in [0.2, 0.25) is 0 Å². The molecule has 2 nitrogen and oxygen atoms in total. The first-order chi connectivity index (χ1) is 7.81. The fourth-order valence-corrected chi connectivity index (χ4v) is 2.22. The van der Waals surface area contributed by atoms with E-state index >= 15 is 0 Å². The number of aryl methyl sites for hydroxylation is 1. The van der Waals surface area contributed by atoms with Gasteiger partial charge in [0.2, 0.25) is 0 Å². The highest BCUT2D eigenvalue weighted by molar-refractivity contribution is 6.00. The van der Waals surface area contributed by atoms with Crippen LogP contribution in [0.1, 0.15) is 34.5 Å². The molecule has 1 aliphatic rings. The minimum atomic E-state index is -4.36. The second-order valence-electron chi connectivity index (χ2n) is 4.26. The molecule has 1 atom stereocenters. The van der Waals surface area contributed by atoms with Gasteiger partial charge in [-0.15, -0.1) is 0 Å². The van der Waals surface area contributed by atoms with E-state index in [-0.39, 0.29) is 0 Å². The van der Waals surface area contributed by atoms with Gasteiger partial charge in [-0.2, -0.15) is 13.2 Å². The smallest absolute Gasteiger partial charge is 0.323 e. The molecule has 5 heteroatoms. The van der Waals surface area contributed by atoms with E-state index in [4.69, 9.17) is 0 Å². The van der Waals surface area contributed by atoms with Gasteiger partial charge in [0, 0.05) is 5.56 Å². The summed E-state index contributed by atoms with van der Waals surface area (Å²) in [5, 5.41) is 0. The van der Waals surface area contributed by atoms with Crippen LogP contribution in [0.3, 0.4) is 0 Å². The summed E-state index contributed by atoms with van der Waals surface area (Å²) in [5.41, 5.74) is 1.83. The van der Waals surface area contributed by atoms with Crippen molar-refractivity contribution in [3.63, 3.8) is 0 Å². The van der Waals surface area contributed by atoms with Gasteiger partial charge in [0.25, 0.3) is 5.91 Å². The number of carbonyl (C=O) groups is 1. The van der Waals surface area contributed by atoms with E-state index in [1.165, 1.54) is 0 Å². The van der Waals surface area contributed by atoms with E-state index in [1.54, 1.807) is 32.0 Å². The number of fused-ring (bicyclic) bond motifs is 1. The van der Waals surface area contributed by atoms with Crippen LogP contribution in [0.4, 0.5) is 13.2 Å². The quantitative estimate of drug-likeness (QED) is 0.742. The van der Waals surface area contributed by atoms with Crippen LogP contribution in [-0.4, -0.2) is 23.5 Å². The highest BCUT2D eigenvalue weighted by Gasteiger charge is 2.41. The first kappa shape index (κ1) is 12.0. The summed E-state index contributed by atoms with van der Waals surface area (Å²) in [4.78, 5) is 12.8. The maximum atomic E-state index is 12.4. The molecule has 1 amide bonds. The van der Waals surface area contributed by atoms with Gasteiger partial charge < -0.3 is 4.90 Å². The summed E-state index contributed by atoms with van der Waals surface area (Å²) in [6.45, 7) is 2.16. The largest absolute Gasteiger partial charge is 0.406 e. The zero-order valence-corrected chi connectivity index (χ0v) is 9.51. The molecule has 1 aliphatic heterocycles. The summed E-state index contributed by atoms with van der Waals surface area (Å²) in [6.07, 6.45) is -4.36. The molecular weight excluding hydrogens is 231 g/mol. The second-order valence-corrected chi connectivity index (χ2v) is 4.26. The summed E-state index contributed by atoms with van der Waals surface area (Å²) in [7, 11) is 0. The highest BCUT2D eigenvalue weighted by Crippen LogP contribution is 2.36. The molecule has 0 spiro atoms. The van der Waals surface area contributed by atoms with Gasteiger partial charge in [-0.1, -0.05) is 18.2 Å². The average molecular weight is 243 g/mol. The Kier molecular flexibility index (Phi) is 2.64. The molecule has 1 aromatic carbocycles. The van der Waals surface area contributed by atoms with Crippen LogP contribution in [0.5, 0.6) is 0 Å². The number of benzene rings is 1. The van der Waals surface area contributed by atoms with Gasteiger partial charge in [-0.3, -0.25) is 4.79 Å². The zero-order chi connectivity index (χ0) is 12.8. The van der Waals surface area contributed by atoms with E-state index in [0.717, 1.165) is 10.5 Å². The molecule has 0 radical (unpaired) electrons. The van der Waals surface area contributed by atoms with Crippen LogP contribution in [0.15, 0.2) is 18.2 Å². The normalized spacial score (nSPS) is 19.7. The molecule has 2 rings (SSSR count). The molecule has 0 saturated carbocycles. The SMILES string of the molecule is Cc1cccc2c1C(=O)N(CC(F)(F)F)C2C. The van der Waals surface area contributed by atoms with E-state index < -0.39 is 24.7 Å². The fraction of sp³-hybridized carbons (Fsp3) is 0.417. The maximum absolute atomic E-state index is 12.4. The van der Waals surface area contributed by atoms with Crippen molar-refractivity contribution in [2.75, 3.05) is 6.54 Å². The van der Waals surface area contributed by atoms with Gasteiger partial charge in [0.1, 0.15) is 6.54 Å². The minimum absolute atomic E-state index is 0.421. The van der Waals surface area contributed by atoms with Crippen molar-refractivity contribution in [2.45, 2.75) is 26.1 Å². The topological polar surface area (TPSA) is 20.3 Å². The number of amides is 1. The highest BCUT2D eigenvalue weighted by atomic mass is 19.4. The second kappa shape index (κ2) is 3.75. The molecule has 0 aromatic heterocycles. The Morgan fingerprint density at radius 2 is 2.00 bits per heavy atom. The van der Waals surface area contributed by atoms with Gasteiger partial charge in [-0.25, -0.2) is 0 Å². The monoisotopic (exact) mass is 243 g/mol. The molecule has 0 N–H and O–H groups in total. The van der Waals surface area contributed by atoms with Crippen LogP contribution >= 0.6 is 0 Å². The summed E-state index contributed by atoms with van der Waals surface area (Å²) in [5.74, 6) is -0.525. The van der Waals surface area contributed by atoms with Gasteiger partial charge in [-0.05, 0) is 25.0 Å². The van der Waals surface area contributed by atoms with Crippen molar-refractivity contribution in [1.82, 2.24) is 4.90 Å².